The Morgan fingerprint density at radius 1 is 0.480 bits per heavy atom. The Kier molecular flexibility index (Phi) is 7.86. The highest BCUT2D eigenvalue weighted by Crippen LogP contribution is 2.51. The van der Waals surface area contributed by atoms with E-state index in [0.717, 1.165) is 44.9 Å². The van der Waals surface area contributed by atoms with E-state index in [9.17, 15) is 5.11 Å². The summed E-state index contributed by atoms with van der Waals surface area (Å²) in [7, 11) is 1.71. The molecule has 0 fully saturated rings. The molecule has 0 aromatic heterocycles. The van der Waals surface area contributed by atoms with E-state index in [4.69, 9.17) is 4.74 Å². The molecule has 8 rings (SSSR count). The first-order valence-electron chi connectivity index (χ1n) is 17.1. The van der Waals surface area contributed by atoms with Crippen LogP contribution in [0.3, 0.4) is 0 Å². The first-order valence-corrected chi connectivity index (χ1v) is 17.1. The van der Waals surface area contributed by atoms with Crippen LogP contribution in [0.4, 0.5) is 17.1 Å². The summed E-state index contributed by atoms with van der Waals surface area (Å²) in [5, 5.41) is 13.3. The van der Waals surface area contributed by atoms with Gasteiger partial charge in [0.15, 0.2) is 0 Å². The Bertz CT molecular complexity index is 2260. The van der Waals surface area contributed by atoms with Crippen LogP contribution in [0.1, 0.15) is 41.7 Å². The second-order valence-corrected chi connectivity index (χ2v) is 13.4. The maximum Gasteiger partial charge on any atom is 0.141 e. The maximum absolute atomic E-state index is 13.3. The van der Waals surface area contributed by atoms with Crippen molar-refractivity contribution in [2.75, 3.05) is 12.0 Å². The summed E-state index contributed by atoms with van der Waals surface area (Å²) in [4.78, 5) is 2.23. The van der Waals surface area contributed by atoms with Gasteiger partial charge in [-0.25, -0.2) is 0 Å². The van der Waals surface area contributed by atoms with Gasteiger partial charge in [0.2, 0.25) is 0 Å². The molecule has 0 aliphatic heterocycles. The molecule has 0 heterocycles. The zero-order chi connectivity index (χ0) is 34.3. The summed E-state index contributed by atoms with van der Waals surface area (Å²) in [6.07, 6.45) is 0. The lowest BCUT2D eigenvalue weighted by Crippen LogP contribution is -2.30. The third kappa shape index (κ3) is 5.10. The molecular formula is C47H39NO2. The molecule has 0 amide bonds. The SMILES string of the molecule is COc1cc(N(c2ccccc2)c2ccccc2)ccc1-c1ccccc1C(O)(c1ccccc1)c1ccc2c(c1)C(C)(C)c1ccccc1-2. The number of anilines is 3. The van der Waals surface area contributed by atoms with Crippen LogP contribution in [-0.2, 0) is 11.0 Å². The minimum atomic E-state index is -1.46. The van der Waals surface area contributed by atoms with E-state index in [1.165, 1.54) is 22.3 Å². The summed E-state index contributed by atoms with van der Waals surface area (Å²) >= 11 is 0. The Hall–Kier alpha value is -5.90. The standard InChI is InChI=1S/C47H39NO2/c1-46(2)42-25-15-13-23-38(42)40-29-27-34(31-44(40)46)47(49,33-17-7-4-8-18-33)43-26-16-14-24-39(43)41-30-28-37(32-45(41)50-3)48(35-19-9-5-10-20-35)36-21-11-6-12-22-36/h4-32,49H,1-3H3. The van der Waals surface area contributed by atoms with Crippen LogP contribution in [0.5, 0.6) is 5.75 Å². The molecule has 7 aromatic carbocycles. The Balaban J connectivity index is 1.30. The third-order valence-electron chi connectivity index (χ3n) is 10.3. The third-order valence-corrected chi connectivity index (χ3v) is 10.3. The molecule has 0 saturated carbocycles. The van der Waals surface area contributed by atoms with Crippen molar-refractivity contribution in [1.29, 1.82) is 0 Å². The van der Waals surface area contributed by atoms with E-state index >= 15 is 0 Å². The van der Waals surface area contributed by atoms with Crippen LogP contribution in [0.25, 0.3) is 22.3 Å². The zero-order valence-electron chi connectivity index (χ0n) is 28.5. The summed E-state index contributed by atoms with van der Waals surface area (Å²) in [6.45, 7) is 4.55. The molecule has 1 unspecified atom stereocenters. The van der Waals surface area contributed by atoms with E-state index in [2.05, 4.69) is 134 Å². The lowest BCUT2D eigenvalue weighted by atomic mass is 9.75. The molecule has 3 heteroatoms. The Morgan fingerprint density at radius 3 is 1.68 bits per heavy atom. The smallest absolute Gasteiger partial charge is 0.141 e. The van der Waals surface area contributed by atoms with Gasteiger partial charge in [-0.15, -0.1) is 0 Å². The Labute approximate surface area is 294 Å². The first kappa shape index (κ1) is 31.4. The van der Waals surface area contributed by atoms with Gasteiger partial charge in [0.25, 0.3) is 0 Å². The second kappa shape index (κ2) is 12.5. The molecule has 1 aliphatic carbocycles. The van der Waals surface area contributed by atoms with Crippen LogP contribution in [0, 0.1) is 0 Å². The summed E-state index contributed by atoms with van der Waals surface area (Å²) < 4.78 is 6.16. The van der Waals surface area contributed by atoms with Crippen LogP contribution in [0.15, 0.2) is 176 Å². The van der Waals surface area contributed by atoms with E-state index < -0.39 is 5.60 Å². The highest BCUT2D eigenvalue weighted by Gasteiger charge is 2.40. The number of hydrogen-bond acceptors (Lipinski definition) is 3. The van der Waals surface area contributed by atoms with Crippen LogP contribution in [0.2, 0.25) is 0 Å². The summed E-state index contributed by atoms with van der Waals surface area (Å²) in [5.41, 5.74) is 10.6. The number of benzene rings is 7. The van der Waals surface area contributed by atoms with Gasteiger partial charge >= 0.3 is 0 Å². The predicted molar refractivity (Wildman–Crippen MR) is 206 cm³/mol. The first-order chi connectivity index (χ1) is 24.4. The minimum absolute atomic E-state index is 0.207. The quantitative estimate of drug-likeness (QED) is 0.166. The molecule has 0 saturated heterocycles. The monoisotopic (exact) mass is 649 g/mol. The van der Waals surface area contributed by atoms with Crippen molar-refractivity contribution >= 4 is 17.1 Å². The molecule has 0 radical (unpaired) electrons. The molecule has 1 atom stereocenters. The largest absolute Gasteiger partial charge is 0.496 e. The molecule has 1 N–H and O–H groups in total. The van der Waals surface area contributed by atoms with Gasteiger partial charge in [0, 0.05) is 39.7 Å². The molecule has 0 spiro atoms. The van der Waals surface area contributed by atoms with Crippen LogP contribution < -0.4 is 9.64 Å². The van der Waals surface area contributed by atoms with Gasteiger partial charge < -0.3 is 14.7 Å². The topological polar surface area (TPSA) is 32.7 Å². The van der Waals surface area contributed by atoms with Gasteiger partial charge in [-0.05, 0) is 75.3 Å². The lowest BCUT2D eigenvalue weighted by Gasteiger charge is -2.34. The molecule has 0 bridgehead atoms. The van der Waals surface area contributed by atoms with Crippen molar-refractivity contribution in [2.45, 2.75) is 24.9 Å². The molecule has 3 nitrogen and oxygen atoms in total. The van der Waals surface area contributed by atoms with Crippen molar-refractivity contribution in [3.05, 3.63) is 204 Å². The molecular weight excluding hydrogens is 611 g/mol. The molecule has 244 valence electrons. The molecule has 1 aliphatic rings. The normalized spacial score (nSPS) is 13.9. The van der Waals surface area contributed by atoms with Crippen LogP contribution in [-0.4, -0.2) is 12.2 Å². The Morgan fingerprint density at radius 2 is 1.02 bits per heavy atom. The fourth-order valence-electron chi connectivity index (χ4n) is 7.76. The van der Waals surface area contributed by atoms with Crippen molar-refractivity contribution in [1.82, 2.24) is 0 Å². The van der Waals surface area contributed by atoms with Crippen LogP contribution >= 0.6 is 0 Å². The van der Waals surface area contributed by atoms with E-state index in [1.807, 2.05) is 60.7 Å². The van der Waals surface area contributed by atoms with Gasteiger partial charge in [0.05, 0.1) is 7.11 Å². The zero-order valence-corrected chi connectivity index (χ0v) is 28.5. The summed E-state index contributed by atoms with van der Waals surface area (Å²) in [6, 6.07) is 60.4. The minimum Gasteiger partial charge on any atom is -0.496 e. The molecule has 50 heavy (non-hydrogen) atoms. The summed E-state index contributed by atoms with van der Waals surface area (Å²) in [5.74, 6) is 0.716. The van der Waals surface area contributed by atoms with Gasteiger partial charge in [0.1, 0.15) is 11.4 Å². The predicted octanol–water partition coefficient (Wildman–Crippen LogP) is 11.4. The average Bonchev–Trinajstić information content (AvgIpc) is 3.41. The highest BCUT2D eigenvalue weighted by atomic mass is 16.5. The van der Waals surface area contributed by atoms with Gasteiger partial charge in [-0.3, -0.25) is 0 Å². The van der Waals surface area contributed by atoms with E-state index in [1.54, 1.807) is 7.11 Å². The van der Waals surface area contributed by atoms with Crippen molar-refractivity contribution in [2.24, 2.45) is 0 Å². The average molecular weight is 650 g/mol. The number of para-hydroxylation sites is 2. The number of aliphatic hydroxyl groups is 1. The fraction of sp³-hybridized carbons (Fsp3) is 0.106. The molecule has 7 aromatic rings. The number of ether oxygens (including phenoxy) is 1. The van der Waals surface area contributed by atoms with Crippen molar-refractivity contribution in [3.8, 4) is 28.0 Å². The fourth-order valence-corrected chi connectivity index (χ4v) is 7.76. The maximum atomic E-state index is 13.3. The highest BCUT2D eigenvalue weighted by molar-refractivity contribution is 5.84. The number of fused-ring (bicyclic) bond motifs is 3. The lowest BCUT2D eigenvalue weighted by molar-refractivity contribution is 0.126. The number of rotatable bonds is 8. The van der Waals surface area contributed by atoms with Crippen molar-refractivity contribution < 1.29 is 9.84 Å². The number of hydrogen-bond donors (Lipinski definition) is 1. The van der Waals surface area contributed by atoms with Gasteiger partial charge in [-0.1, -0.05) is 147 Å². The number of nitrogens with zero attached hydrogens (tertiary/aromatic N) is 1. The van der Waals surface area contributed by atoms with Crippen molar-refractivity contribution in [3.63, 3.8) is 0 Å². The second-order valence-electron chi connectivity index (χ2n) is 13.4. The van der Waals surface area contributed by atoms with E-state index in [-0.39, 0.29) is 5.41 Å². The van der Waals surface area contributed by atoms with Gasteiger partial charge in [-0.2, -0.15) is 0 Å². The van der Waals surface area contributed by atoms with E-state index in [0.29, 0.717) is 5.75 Å². The number of methoxy groups -OCH3 is 1.